The van der Waals surface area contributed by atoms with E-state index in [9.17, 15) is 10.1 Å². The first-order valence-electron chi connectivity index (χ1n) is 7.81. The molecule has 0 saturated carbocycles. The van der Waals surface area contributed by atoms with Crippen LogP contribution < -0.4 is 10.1 Å². The molecule has 0 bridgehead atoms. The van der Waals surface area contributed by atoms with Gasteiger partial charge in [0.25, 0.3) is 5.69 Å². The standard InChI is InChI=1S/C19H17N3O3/c23-22(24)18-8-6-17(7-9-18)21-13-16-10-11-20-19(12-16)25-14-15-4-2-1-3-5-15/h1-12,21H,13-14H2. The van der Waals surface area contributed by atoms with Crippen molar-refractivity contribution < 1.29 is 9.66 Å². The zero-order chi connectivity index (χ0) is 17.5. The molecule has 0 radical (unpaired) electrons. The van der Waals surface area contributed by atoms with Crippen LogP contribution in [0.15, 0.2) is 72.9 Å². The highest BCUT2D eigenvalue weighted by atomic mass is 16.6. The van der Waals surface area contributed by atoms with Crippen molar-refractivity contribution in [2.24, 2.45) is 0 Å². The lowest BCUT2D eigenvalue weighted by Gasteiger charge is -2.09. The molecule has 0 aliphatic rings. The number of pyridine rings is 1. The highest BCUT2D eigenvalue weighted by molar-refractivity contribution is 5.48. The number of hydrogen-bond acceptors (Lipinski definition) is 5. The van der Waals surface area contributed by atoms with Crippen LogP contribution in [0.3, 0.4) is 0 Å². The molecule has 3 rings (SSSR count). The number of anilines is 1. The van der Waals surface area contributed by atoms with E-state index in [0.29, 0.717) is 19.0 Å². The molecule has 1 aromatic heterocycles. The van der Waals surface area contributed by atoms with E-state index in [1.165, 1.54) is 12.1 Å². The highest BCUT2D eigenvalue weighted by Crippen LogP contribution is 2.17. The van der Waals surface area contributed by atoms with E-state index in [4.69, 9.17) is 4.74 Å². The SMILES string of the molecule is O=[N+]([O-])c1ccc(NCc2ccnc(OCc3ccccc3)c2)cc1. The van der Waals surface area contributed by atoms with E-state index < -0.39 is 4.92 Å². The molecule has 0 amide bonds. The first-order valence-corrected chi connectivity index (χ1v) is 7.81. The van der Waals surface area contributed by atoms with E-state index >= 15 is 0 Å². The van der Waals surface area contributed by atoms with Crippen molar-refractivity contribution in [3.63, 3.8) is 0 Å². The first-order chi connectivity index (χ1) is 12.2. The van der Waals surface area contributed by atoms with Gasteiger partial charge >= 0.3 is 0 Å². The maximum absolute atomic E-state index is 10.7. The zero-order valence-corrected chi connectivity index (χ0v) is 13.5. The van der Waals surface area contributed by atoms with Crippen molar-refractivity contribution in [1.29, 1.82) is 0 Å². The minimum absolute atomic E-state index is 0.0751. The van der Waals surface area contributed by atoms with E-state index in [1.807, 2.05) is 42.5 Å². The van der Waals surface area contributed by atoms with Crippen LogP contribution in [0.2, 0.25) is 0 Å². The number of nitrogens with one attached hydrogen (secondary N) is 1. The minimum Gasteiger partial charge on any atom is -0.473 e. The van der Waals surface area contributed by atoms with Gasteiger partial charge in [0.2, 0.25) is 5.88 Å². The summed E-state index contributed by atoms with van der Waals surface area (Å²) in [5.41, 5.74) is 2.98. The summed E-state index contributed by atoms with van der Waals surface area (Å²) in [5.74, 6) is 0.562. The largest absolute Gasteiger partial charge is 0.473 e. The summed E-state index contributed by atoms with van der Waals surface area (Å²) < 4.78 is 5.71. The van der Waals surface area contributed by atoms with Gasteiger partial charge < -0.3 is 10.1 Å². The summed E-state index contributed by atoms with van der Waals surface area (Å²) in [6, 6.07) is 20.0. The highest BCUT2D eigenvalue weighted by Gasteiger charge is 2.04. The van der Waals surface area contributed by atoms with Crippen molar-refractivity contribution in [3.05, 3.63) is 94.2 Å². The number of hydrogen-bond donors (Lipinski definition) is 1. The molecule has 0 saturated heterocycles. The smallest absolute Gasteiger partial charge is 0.269 e. The van der Waals surface area contributed by atoms with Crippen molar-refractivity contribution in [2.75, 3.05) is 5.32 Å². The second kappa shape index (κ2) is 7.92. The van der Waals surface area contributed by atoms with Crippen molar-refractivity contribution in [1.82, 2.24) is 4.98 Å². The van der Waals surface area contributed by atoms with Gasteiger partial charge in [0, 0.05) is 36.6 Å². The lowest BCUT2D eigenvalue weighted by atomic mass is 10.2. The minimum atomic E-state index is -0.414. The van der Waals surface area contributed by atoms with Gasteiger partial charge in [-0.05, 0) is 29.3 Å². The van der Waals surface area contributed by atoms with Gasteiger partial charge in [-0.25, -0.2) is 4.98 Å². The van der Waals surface area contributed by atoms with Crippen LogP contribution >= 0.6 is 0 Å². The molecule has 6 nitrogen and oxygen atoms in total. The predicted molar refractivity (Wildman–Crippen MR) is 95.4 cm³/mol. The normalized spacial score (nSPS) is 10.2. The Kier molecular flexibility index (Phi) is 5.21. The summed E-state index contributed by atoms with van der Waals surface area (Å²) in [7, 11) is 0. The lowest BCUT2D eigenvalue weighted by molar-refractivity contribution is -0.384. The van der Waals surface area contributed by atoms with E-state index in [2.05, 4.69) is 10.3 Å². The Morgan fingerprint density at radius 1 is 1.00 bits per heavy atom. The Morgan fingerprint density at radius 3 is 2.48 bits per heavy atom. The molecule has 126 valence electrons. The average Bonchev–Trinajstić information content (AvgIpc) is 2.66. The van der Waals surface area contributed by atoms with Crippen LogP contribution in [0.25, 0.3) is 0 Å². The zero-order valence-electron chi connectivity index (χ0n) is 13.5. The van der Waals surface area contributed by atoms with Crippen LogP contribution in [-0.4, -0.2) is 9.91 Å². The van der Waals surface area contributed by atoms with Crippen LogP contribution in [0, 0.1) is 10.1 Å². The van der Waals surface area contributed by atoms with Crippen LogP contribution in [0.5, 0.6) is 5.88 Å². The number of nitro groups is 1. The quantitative estimate of drug-likeness (QED) is 0.518. The molecule has 0 fully saturated rings. The number of rotatable bonds is 7. The van der Waals surface area contributed by atoms with Crippen molar-refractivity contribution >= 4 is 11.4 Å². The number of nitrogens with zero attached hydrogens (tertiary/aromatic N) is 2. The topological polar surface area (TPSA) is 77.3 Å². The fraction of sp³-hybridized carbons (Fsp3) is 0.105. The Hall–Kier alpha value is -3.41. The number of non-ortho nitro benzene ring substituents is 1. The van der Waals surface area contributed by atoms with E-state index in [0.717, 1.165) is 16.8 Å². The van der Waals surface area contributed by atoms with Crippen LogP contribution in [-0.2, 0) is 13.2 Å². The van der Waals surface area contributed by atoms with Gasteiger partial charge in [-0.15, -0.1) is 0 Å². The summed E-state index contributed by atoms with van der Waals surface area (Å²) >= 11 is 0. The second-order valence-electron chi connectivity index (χ2n) is 5.43. The second-order valence-corrected chi connectivity index (χ2v) is 5.43. The van der Waals surface area contributed by atoms with Gasteiger partial charge in [-0.3, -0.25) is 10.1 Å². The number of nitro benzene ring substituents is 1. The molecule has 6 heteroatoms. The molecule has 25 heavy (non-hydrogen) atoms. The maximum atomic E-state index is 10.7. The molecule has 0 atom stereocenters. The van der Waals surface area contributed by atoms with Gasteiger partial charge in [0.1, 0.15) is 6.61 Å². The third-order valence-electron chi connectivity index (χ3n) is 3.60. The number of benzene rings is 2. The average molecular weight is 335 g/mol. The van der Waals surface area contributed by atoms with Crippen LogP contribution in [0.4, 0.5) is 11.4 Å². The monoisotopic (exact) mass is 335 g/mol. The molecular formula is C19H17N3O3. The van der Waals surface area contributed by atoms with Crippen molar-refractivity contribution in [3.8, 4) is 5.88 Å². The Bertz CT molecular complexity index is 836. The third-order valence-corrected chi connectivity index (χ3v) is 3.60. The Balaban J connectivity index is 1.57. The molecule has 3 aromatic rings. The van der Waals surface area contributed by atoms with Crippen molar-refractivity contribution in [2.45, 2.75) is 13.2 Å². The molecule has 0 spiro atoms. The molecule has 0 aliphatic carbocycles. The Labute approximate surface area is 145 Å². The number of aromatic nitrogens is 1. The molecular weight excluding hydrogens is 318 g/mol. The van der Waals surface area contributed by atoms with Gasteiger partial charge in [-0.1, -0.05) is 30.3 Å². The Morgan fingerprint density at radius 2 is 1.76 bits per heavy atom. The summed E-state index contributed by atoms with van der Waals surface area (Å²) in [5, 5.41) is 13.9. The summed E-state index contributed by atoms with van der Waals surface area (Å²) in [6.45, 7) is 1.04. The third kappa shape index (κ3) is 4.78. The fourth-order valence-corrected chi connectivity index (χ4v) is 2.28. The van der Waals surface area contributed by atoms with Gasteiger partial charge in [0.05, 0.1) is 4.92 Å². The molecule has 0 unspecified atom stereocenters. The molecule has 1 N–H and O–H groups in total. The molecule has 1 heterocycles. The molecule has 2 aromatic carbocycles. The van der Waals surface area contributed by atoms with E-state index in [1.54, 1.807) is 18.3 Å². The van der Waals surface area contributed by atoms with Gasteiger partial charge in [-0.2, -0.15) is 0 Å². The fourth-order valence-electron chi connectivity index (χ4n) is 2.28. The maximum Gasteiger partial charge on any atom is 0.269 e. The van der Waals surface area contributed by atoms with Crippen LogP contribution in [0.1, 0.15) is 11.1 Å². The first kappa shape index (κ1) is 16.4. The van der Waals surface area contributed by atoms with Gasteiger partial charge in [0.15, 0.2) is 0 Å². The molecule has 0 aliphatic heterocycles. The lowest BCUT2D eigenvalue weighted by Crippen LogP contribution is -2.02. The van der Waals surface area contributed by atoms with E-state index in [-0.39, 0.29) is 5.69 Å². The predicted octanol–water partition coefficient (Wildman–Crippen LogP) is 4.18. The summed E-state index contributed by atoms with van der Waals surface area (Å²) in [6.07, 6.45) is 1.70. The number of ether oxygens (including phenoxy) is 1. The summed E-state index contributed by atoms with van der Waals surface area (Å²) in [4.78, 5) is 14.5.